The highest BCUT2D eigenvalue weighted by Crippen LogP contribution is 2.12. The Morgan fingerprint density at radius 1 is 1.11 bits per heavy atom. The number of nitrogens with zero attached hydrogens (tertiary/aromatic N) is 4. The fraction of sp³-hybridized carbons (Fsp3) is 0.240. The van der Waals surface area contributed by atoms with E-state index in [4.69, 9.17) is 0 Å². The van der Waals surface area contributed by atoms with Crippen LogP contribution in [0.4, 0.5) is 5.82 Å². The van der Waals surface area contributed by atoms with Crippen LogP contribution in [0.3, 0.4) is 0 Å². The first-order valence-electron chi connectivity index (χ1n) is 11.5. The number of nitrogens with one attached hydrogen (secondary N) is 4. The molecule has 1 aromatic carbocycles. The Bertz CT molecular complexity index is 1520. The number of amides is 1. The first-order chi connectivity index (χ1) is 17.1. The summed E-state index contributed by atoms with van der Waals surface area (Å²) in [5.41, 5.74) is 3.93. The van der Waals surface area contributed by atoms with Gasteiger partial charge in [0.15, 0.2) is 5.82 Å². The van der Waals surface area contributed by atoms with E-state index in [0.29, 0.717) is 12.2 Å². The van der Waals surface area contributed by atoms with Crippen molar-refractivity contribution >= 4 is 33.7 Å². The zero-order valence-electron chi connectivity index (χ0n) is 19.3. The highest BCUT2D eigenvalue weighted by atomic mass is 16.2. The van der Waals surface area contributed by atoms with Crippen molar-refractivity contribution in [3.63, 3.8) is 0 Å². The van der Waals surface area contributed by atoms with Gasteiger partial charge in [-0.15, -0.1) is 0 Å². The number of H-pyrrole nitrogens is 2. The van der Waals surface area contributed by atoms with Gasteiger partial charge in [0.25, 0.3) is 5.56 Å². The van der Waals surface area contributed by atoms with Crippen molar-refractivity contribution in [2.45, 2.75) is 32.9 Å². The third-order valence-corrected chi connectivity index (χ3v) is 5.84. The lowest BCUT2D eigenvalue weighted by atomic mass is 10.2. The summed E-state index contributed by atoms with van der Waals surface area (Å²) in [7, 11) is 0. The minimum Gasteiger partial charge on any atom is -0.365 e. The molecule has 0 atom stereocenters. The first kappa shape index (κ1) is 22.3. The largest absolute Gasteiger partial charge is 0.365 e. The smallest absolute Gasteiger partial charge is 0.293 e. The molecule has 178 valence electrons. The van der Waals surface area contributed by atoms with Gasteiger partial charge in [0.2, 0.25) is 5.91 Å². The SMILES string of the molecule is Cc1cnc(NCCCc2nc3ccccc3[nH]2)c(=O)n1CC(=O)NCc1cc2cc[nH]c2cn1. The molecule has 4 heterocycles. The predicted octanol–water partition coefficient (Wildman–Crippen LogP) is 2.67. The Labute approximate surface area is 200 Å². The van der Waals surface area contributed by atoms with E-state index < -0.39 is 0 Å². The van der Waals surface area contributed by atoms with E-state index in [-0.39, 0.29) is 30.4 Å². The molecule has 0 radical (unpaired) electrons. The van der Waals surface area contributed by atoms with Gasteiger partial charge in [-0.2, -0.15) is 0 Å². The van der Waals surface area contributed by atoms with Crippen molar-refractivity contribution in [2.75, 3.05) is 11.9 Å². The van der Waals surface area contributed by atoms with Crippen molar-refractivity contribution in [1.82, 2.24) is 34.8 Å². The lowest BCUT2D eigenvalue weighted by molar-refractivity contribution is -0.121. The summed E-state index contributed by atoms with van der Waals surface area (Å²) in [6.07, 6.45) is 6.69. The number of para-hydroxylation sites is 2. The molecule has 10 nitrogen and oxygen atoms in total. The van der Waals surface area contributed by atoms with Crippen molar-refractivity contribution in [2.24, 2.45) is 0 Å². The zero-order chi connectivity index (χ0) is 24.2. The molecule has 0 bridgehead atoms. The molecule has 1 amide bonds. The fourth-order valence-electron chi connectivity index (χ4n) is 3.96. The third kappa shape index (κ3) is 5.06. The van der Waals surface area contributed by atoms with Crippen molar-refractivity contribution < 1.29 is 4.79 Å². The minimum absolute atomic E-state index is 0.0900. The van der Waals surface area contributed by atoms with Crippen LogP contribution in [0.15, 0.2) is 59.8 Å². The Hall–Kier alpha value is -4.47. The van der Waals surface area contributed by atoms with Gasteiger partial charge in [0, 0.05) is 36.4 Å². The van der Waals surface area contributed by atoms with E-state index in [1.165, 1.54) is 4.57 Å². The number of aryl methyl sites for hydroxylation is 2. The zero-order valence-corrected chi connectivity index (χ0v) is 19.3. The molecule has 5 rings (SSSR count). The number of imidazole rings is 1. The molecule has 0 aliphatic carbocycles. The molecular formula is C25H26N8O2. The molecule has 0 aliphatic rings. The van der Waals surface area contributed by atoms with Gasteiger partial charge in [-0.05, 0) is 37.6 Å². The Morgan fingerprint density at radius 3 is 2.89 bits per heavy atom. The van der Waals surface area contributed by atoms with E-state index in [1.807, 2.05) is 42.6 Å². The van der Waals surface area contributed by atoms with Gasteiger partial charge in [-0.25, -0.2) is 9.97 Å². The number of aromatic amines is 2. The number of carbonyl (C=O) groups is 1. The second-order valence-corrected chi connectivity index (χ2v) is 8.39. The summed E-state index contributed by atoms with van der Waals surface area (Å²) in [5, 5.41) is 6.97. The molecule has 0 spiro atoms. The average molecular weight is 471 g/mol. The van der Waals surface area contributed by atoms with Crippen LogP contribution < -0.4 is 16.2 Å². The van der Waals surface area contributed by atoms with Gasteiger partial charge in [0.1, 0.15) is 12.4 Å². The molecule has 10 heteroatoms. The van der Waals surface area contributed by atoms with Crippen LogP contribution in [0.1, 0.15) is 23.6 Å². The average Bonchev–Trinajstić information content (AvgIpc) is 3.50. The van der Waals surface area contributed by atoms with Gasteiger partial charge in [-0.1, -0.05) is 12.1 Å². The maximum atomic E-state index is 12.9. The molecule has 4 N–H and O–H groups in total. The Kier molecular flexibility index (Phi) is 6.25. The molecule has 4 aromatic heterocycles. The number of hydrogen-bond donors (Lipinski definition) is 4. The van der Waals surface area contributed by atoms with E-state index in [1.54, 1.807) is 19.3 Å². The minimum atomic E-state index is -0.323. The monoisotopic (exact) mass is 470 g/mol. The van der Waals surface area contributed by atoms with Crippen LogP contribution in [-0.2, 0) is 24.3 Å². The van der Waals surface area contributed by atoms with Crippen LogP contribution in [-0.4, -0.2) is 41.9 Å². The fourth-order valence-corrected chi connectivity index (χ4v) is 3.96. The van der Waals surface area contributed by atoms with E-state index in [0.717, 1.165) is 46.3 Å². The van der Waals surface area contributed by atoms with Gasteiger partial charge >= 0.3 is 0 Å². The van der Waals surface area contributed by atoms with Gasteiger partial charge < -0.3 is 20.6 Å². The lowest BCUT2D eigenvalue weighted by Crippen LogP contribution is -2.34. The second-order valence-electron chi connectivity index (χ2n) is 8.39. The highest BCUT2D eigenvalue weighted by Gasteiger charge is 2.12. The number of benzene rings is 1. The summed E-state index contributed by atoms with van der Waals surface area (Å²) in [5.74, 6) is 0.866. The lowest BCUT2D eigenvalue weighted by Gasteiger charge is -2.12. The number of carbonyl (C=O) groups excluding carboxylic acids is 1. The molecule has 0 saturated carbocycles. The number of rotatable bonds is 9. The number of aromatic nitrogens is 6. The number of hydrogen-bond acceptors (Lipinski definition) is 6. The molecule has 0 fully saturated rings. The summed E-state index contributed by atoms with van der Waals surface area (Å²) in [6.45, 7) is 2.51. The summed E-state index contributed by atoms with van der Waals surface area (Å²) < 4.78 is 1.42. The van der Waals surface area contributed by atoms with Crippen LogP contribution in [0.2, 0.25) is 0 Å². The molecule has 0 unspecified atom stereocenters. The number of anilines is 1. The first-order valence-corrected chi connectivity index (χ1v) is 11.5. The van der Waals surface area contributed by atoms with Crippen molar-refractivity contribution in [3.8, 4) is 0 Å². The molecule has 35 heavy (non-hydrogen) atoms. The number of pyridine rings is 1. The molecular weight excluding hydrogens is 444 g/mol. The quantitative estimate of drug-likeness (QED) is 0.245. The van der Waals surface area contributed by atoms with Crippen LogP contribution >= 0.6 is 0 Å². The third-order valence-electron chi connectivity index (χ3n) is 5.84. The van der Waals surface area contributed by atoms with Crippen molar-refractivity contribution in [3.05, 3.63) is 82.6 Å². The van der Waals surface area contributed by atoms with Gasteiger partial charge in [0.05, 0.1) is 35.0 Å². The summed E-state index contributed by atoms with van der Waals surface area (Å²) in [6, 6.07) is 11.8. The van der Waals surface area contributed by atoms with Crippen LogP contribution in [0, 0.1) is 6.92 Å². The molecule has 0 aliphatic heterocycles. The Morgan fingerprint density at radius 2 is 2.00 bits per heavy atom. The summed E-state index contributed by atoms with van der Waals surface area (Å²) in [4.78, 5) is 45.0. The number of fused-ring (bicyclic) bond motifs is 2. The molecule has 0 saturated heterocycles. The summed E-state index contributed by atoms with van der Waals surface area (Å²) >= 11 is 0. The Balaban J connectivity index is 1.16. The maximum Gasteiger partial charge on any atom is 0.293 e. The highest BCUT2D eigenvalue weighted by molar-refractivity contribution is 5.79. The standard InChI is InChI=1S/C25H26N8O2/c1-16-12-30-24(27-9-4-7-22-31-19-5-2-3-6-20(19)32-22)25(35)33(16)15-23(34)29-13-18-11-17-8-10-26-21(17)14-28-18/h2-3,5-6,8,10-12,14,26H,4,7,9,13,15H2,1H3,(H,27,30)(H,29,34)(H,31,32). The maximum absolute atomic E-state index is 12.9. The normalized spacial score (nSPS) is 11.2. The van der Waals surface area contributed by atoms with Crippen LogP contribution in [0.25, 0.3) is 21.9 Å². The molecule has 5 aromatic rings. The van der Waals surface area contributed by atoms with E-state index >= 15 is 0 Å². The second kappa shape index (κ2) is 9.80. The van der Waals surface area contributed by atoms with E-state index in [2.05, 4.69) is 35.6 Å². The van der Waals surface area contributed by atoms with Crippen LogP contribution in [0.5, 0.6) is 0 Å². The van der Waals surface area contributed by atoms with Crippen molar-refractivity contribution in [1.29, 1.82) is 0 Å². The topological polar surface area (TPSA) is 133 Å². The van der Waals surface area contributed by atoms with E-state index in [9.17, 15) is 9.59 Å². The van der Waals surface area contributed by atoms with Gasteiger partial charge in [-0.3, -0.25) is 19.1 Å². The predicted molar refractivity (Wildman–Crippen MR) is 134 cm³/mol.